The molecule has 0 amide bonds. The van der Waals surface area contributed by atoms with Crippen molar-refractivity contribution in [2.45, 2.75) is 25.7 Å². The highest BCUT2D eigenvalue weighted by Gasteiger charge is 2.15. The van der Waals surface area contributed by atoms with Crippen molar-refractivity contribution in [3.8, 4) is 5.75 Å². The molecule has 0 saturated heterocycles. The van der Waals surface area contributed by atoms with Crippen molar-refractivity contribution in [3.05, 3.63) is 27.7 Å². The number of hydrogen-bond acceptors (Lipinski definition) is 1. The maximum absolute atomic E-state index is 5.35. The smallest absolute Gasteiger partial charge is 0.122 e. The van der Waals surface area contributed by atoms with Gasteiger partial charge >= 0.3 is 0 Å². The molecule has 0 heterocycles. The van der Waals surface area contributed by atoms with Crippen molar-refractivity contribution < 1.29 is 4.74 Å². The van der Waals surface area contributed by atoms with E-state index in [0.717, 1.165) is 12.2 Å². The molecule has 1 nitrogen and oxygen atoms in total. The zero-order valence-corrected chi connectivity index (χ0v) is 9.36. The van der Waals surface area contributed by atoms with Gasteiger partial charge in [-0.15, -0.1) is 0 Å². The van der Waals surface area contributed by atoms with Crippen molar-refractivity contribution in [3.63, 3.8) is 0 Å². The summed E-state index contributed by atoms with van der Waals surface area (Å²) in [5.41, 5.74) is 2.86. The third kappa shape index (κ3) is 1.60. The Morgan fingerprint density at radius 2 is 1.85 bits per heavy atom. The Kier molecular flexibility index (Phi) is 2.58. The van der Waals surface area contributed by atoms with Gasteiger partial charge in [-0.2, -0.15) is 0 Å². The summed E-state index contributed by atoms with van der Waals surface area (Å²) in [4.78, 5) is 0. The van der Waals surface area contributed by atoms with Gasteiger partial charge in [0.2, 0.25) is 0 Å². The van der Waals surface area contributed by atoms with Gasteiger partial charge in [0.25, 0.3) is 0 Å². The quantitative estimate of drug-likeness (QED) is 0.732. The summed E-state index contributed by atoms with van der Waals surface area (Å²) in [6.45, 7) is 0. The van der Waals surface area contributed by atoms with Crippen molar-refractivity contribution in [1.29, 1.82) is 0 Å². The van der Waals surface area contributed by atoms with Crippen LogP contribution in [0.25, 0.3) is 0 Å². The Morgan fingerprint density at radius 1 is 1.15 bits per heavy atom. The van der Waals surface area contributed by atoms with Crippen LogP contribution in [0.3, 0.4) is 0 Å². The normalized spacial score (nSPS) is 15.2. The molecule has 13 heavy (non-hydrogen) atoms. The van der Waals surface area contributed by atoms with Crippen LogP contribution >= 0.6 is 15.9 Å². The van der Waals surface area contributed by atoms with Gasteiger partial charge in [-0.25, -0.2) is 0 Å². The Labute approximate surface area is 87.2 Å². The van der Waals surface area contributed by atoms with Crippen LogP contribution in [-0.4, -0.2) is 7.11 Å². The standard InChI is InChI=1S/C11H13BrO/c1-13-11-7-6-10(12)8-4-2-3-5-9(8)11/h6-7H,2-5H2,1H3. The lowest BCUT2D eigenvalue weighted by Crippen LogP contribution is -2.05. The van der Waals surface area contributed by atoms with Crippen LogP contribution in [0, 0.1) is 0 Å². The molecule has 0 N–H and O–H groups in total. The fourth-order valence-electron chi connectivity index (χ4n) is 1.98. The number of benzene rings is 1. The van der Waals surface area contributed by atoms with E-state index in [4.69, 9.17) is 4.74 Å². The molecule has 0 fully saturated rings. The van der Waals surface area contributed by atoms with Gasteiger partial charge < -0.3 is 4.74 Å². The van der Waals surface area contributed by atoms with Gasteiger partial charge in [-0.1, -0.05) is 15.9 Å². The van der Waals surface area contributed by atoms with E-state index in [1.54, 1.807) is 7.11 Å². The largest absolute Gasteiger partial charge is 0.496 e. The van der Waals surface area contributed by atoms with Crippen LogP contribution in [-0.2, 0) is 12.8 Å². The van der Waals surface area contributed by atoms with Crippen molar-refractivity contribution >= 4 is 15.9 Å². The first-order chi connectivity index (χ1) is 6.33. The molecule has 0 radical (unpaired) electrons. The van der Waals surface area contributed by atoms with Gasteiger partial charge in [0, 0.05) is 4.47 Å². The van der Waals surface area contributed by atoms with E-state index in [9.17, 15) is 0 Å². The van der Waals surface area contributed by atoms with E-state index in [1.165, 1.54) is 34.9 Å². The summed E-state index contributed by atoms with van der Waals surface area (Å²) in [5.74, 6) is 1.05. The van der Waals surface area contributed by atoms with Crippen LogP contribution in [0.2, 0.25) is 0 Å². The average Bonchev–Trinajstić information content (AvgIpc) is 2.19. The molecule has 1 aliphatic rings. The van der Waals surface area contributed by atoms with Gasteiger partial charge in [0.15, 0.2) is 0 Å². The second-order valence-electron chi connectivity index (χ2n) is 3.41. The summed E-state index contributed by atoms with van der Waals surface area (Å²) in [6.07, 6.45) is 4.95. The third-order valence-corrected chi connectivity index (χ3v) is 3.40. The fourth-order valence-corrected chi connectivity index (χ4v) is 2.55. The number of halogens is 1. The molecule has 0 aromatic heterocycles. The van der Waals surface area contributed by atoms with E-state index in [0.29, 0.717) is 0 Å². The number of rotatable bonds is 1. The Balaban J connectivity index is 2.52. The molecular weight excluding hydrogens is 228 g/mol. The van der Waals surface area contributed by atoms with E-state index in [-0.39, 0.29) is 0 Å². The maximum atomic E-state index is 5.35. The third-order valence-electron chi connectivity index (χ3n) is 2.65. The first kappa shape index (κ1) is 9.07. The fraction of sp³-hybridized carbons (Fsp3) is 0.455. The monoisotopic (exact) mass is 240 g/mol. The SMILES string of the molecule is COc1ccc(Br)c2c1CCCC2. The van der Waals surface area contributed by atoms with E-state index in [1.807, 2.05) is 6.07 Å². The molecule has 70 valence electrons. The molecule has 2 heteroatoms. The zero-order valence-electron chi connectivity index (χ0n) is 7.77. The molecule has 0 atom stereocenters. The highest BCUT2D eigenvalue weighted by atomic mass is 79.9. The highest BCUT2D eigenvalue weighted by molar-refractivity contribution is 9.10. The molecule has 1 aromatic rings. The summed E-state index contributed by atoms with van der Waals surface area (Å²) in [6, 6.07) is 4.14. The molecule has 0 unspecified atom stereocenters. The molecule has 1 aromatic carbocycles. The minimum Gasteiger partial charge on any atom is -0.496 e. The summed E-state index contributed by atoms with van der Waals surface area (Å²) in [7, 11) is 1.75. The first-order valence-electron chi connectivity index (χ1n) is 4.67. The molecule has 0 spiro atoms. The van der Waals surface area contributed by atoms with Crippen LogP contribution in [0.4, 0.5) is 0 Å². The highest BCUT2D eigenvalue weighted by Crippen LogP contribution is 2.34. The average molecular weight is 241 g/mol. The molecule has 0 aliphatic heterocycles. The Bertz CT molecular complexity index is 320. The van der Waals surface area contributed by atoms with E-state index < -0.39 is 0 Å². The van der Waals surface area contributed by atoms with Crippen molar-refractivity contribution in [1.82, 2.24) is 0 Å². The van der Waals surface area contributed by atoms with E-state index in [2.05, 4.69) is 22.0 Å². The minimum atomic E-state index is 1.05. The van der Waals surface area contributed by atoms with Crippen molar-refractivity contribution in [2.24, 2.45) is 0 Å². The topological polar surface area (TPSA) is 9.23 Å². The maximum Gasteiger partial charge on any atom is 0.122 e. The van der Waals surface area contributed by atoms with Gasteiger partial charge in [0.05, 0.1) is 7.11 Å². The van der Waals surface area contributed by atoms with Crippen LogP contribution < -0.4 is 4.74 Å². The van der Waals surface area contributed by atoms with Gasteiger partial charge in [0.1, 0.15) is 5.75 Å². The summed E-state index contributed by atoms with van der Waals surface area (Å²) >= 11 is 3.59. The minimum absolute atomic E-state index is 1.05. The molecule has 0 saturated carbocycles. The Hall–Kier alpha value is -0.500. The van der Waals surface area contributed by atoms with Crippen LogP contribution in [0.15, 0.2) is 16.6 Å². The molecular formula is C11H13BrO. The number of hydrogen-bond donors (Lipinski definition) is 0. The number of methoxy groups -OCH3 is 1. The Morgan fingerprint density at radius 3 is 2.54 bits per heavy atom. The van der Waals surface area contributed by atoms with Crippen molar-refractivity contribution in [2.75, 3.05) is 7.11 Å². The van der Waals surface area contributed by atoms with Gasteiger partial charge in [-0.05, 0) is 48.9 Å². The molecule has 2 rings (SSSR count). The zero-order chi connectivity index (χ0) is 9.26. The lowest BCUT2D eigenvalue weighted by atomic mass is 9.91. The summed E-state index contributed by atoms with van der Waals surface area (Å²) < 4.78 is 6.59. The lowest BCUT2D eigenvalue weighted by molar-refractivity contribution is 0.406. The summed E-state index contributed by atoms with van der Waals surface area (Å²) in [5, 5.41) is 0. The lowest BCUT2D eigenvalue weighted by Gasteiger charge is -2.19. The number of fused-ring (bicyclic) bond motifs is 1. The molecule has 0 bridgehead atoms. The number of ether oxygens (including phenoxy) is 1. The predicted octanol–water partition coefficient (Wildman–Crippen LogP) is 3.34. The second-order valence-corrected chi connectivity index (χ2v) is 4.27. The first-order valence-corrected chi connectivity index (χ1v) is 5.46. The second kappa shape index (κ2) is 3.70. The van der Waals surface area contributed by atoms with Crippen LogP contribution in [0.5, 0.6) is 5.75 Å². The molecule has 1 aliphatic carbocycles. The van der Waals surface area contributed by atoms with E-state index >= 15 is 0 Å². The predicted molar refractivity (Wildman–Crippen MR) is 57.3 cm³/mol. The van der Waals surface area contributed by atoms with Crippen LogP contribution in [0.1, 0.15) is 24.0 Å². The van der Waals surface area contributed by atoms with Gasteiger partial charge in [-0.3, -0.25) is 0 Å².